The van der Waals surface area contributed by atoms with E-state index < -0.39 is 10.0 Å². The number of rotatable bonds is 4. The number of hydrogen-bond acceptors (Lipinski definition) is 7. The molecule has 9 nitrogen and oxygen atoms in total. The van der Waals surface area contributed by atoms with Gasteiger partial charge in [0.25, 0.3) is 10.0 Å². The maximum absolute atomic E-state index is 12.4. The Kier molecular flexibility index (Phi) is 3.74. The first-order chi connectivity index (χ1) is 10.9. The Labute approximate surface area is 132 Å². The van der Waals surface area contributed by atoms with Crippen LogP contribution in [-0.2, 0) is 10.0 Å². The molecule has 0 saturated carbocycles. The van der Waals surface area contributed by atoms with Crippen molar-refractivity contribution in [3.05, 3.63) is 48.0 Å². The summed E-state index contributed by atoms with van der Waals surface area (Å²) in [6.07, 6.45) is 1.42. The van der Waals surface area contributed by atoms with Gasteiger partial charge >= 0.3 is 0 Å². The lowest BCUT2D eigenvalue weighted by molar-refractivity contribution is 0.600. The SMILES string of the molecule is Cc1cc(C)nc(NS(=O)(=O)c2ccc(-n3cnnn3)cc2)n1. The van der Waals surface area contributed by atoms with Crippen molar-refractivity contribution in [1.29, 1.82) is 0 Å². The van der Waals surface area contributed by atoms with E-state index in [1.165, 1.54) is 23.1 Å². The number of aromatic nitrogens is 6. The molecule has 1 aromatic carbocycles. The molecule has 0 amide bonds. The minimum Gasteiger partial charge on any atom is -0.247 e. The van der Waals surface area contributed by atoms with Gasteiger partial charge in [0.05, 0.1) is 10.6 Å². The van der Waals surface area contributed by atoms with E-state index in [4.69, 9.17) is 0 Å². The molecule has 0 fully saturated rings. The molecule has 2 heterocycles. The van der Waals surface area contributed by atoms with Crippen molar-refractivity contribution in [3.8, 4) is 5.69 Å². The summed E-state index contributed by atoms with van der Waals surface area (Å²) in [5, 5.41) is 10.8. The Morgan fingerprint density at radius 3 is 2.26 bits per heavy atom. The molecule has 118 valence electrons. The average Bonchev–Trinajstić information content (AvgIpc) is 3.00. The number of sulfonamides is 1. The average molecular weight is 331 g/mol. The predicted molar refractivity (Wildman–Crippen MR) is 81.5 cm³/mol. The van der Waals surface area contributed by atoms with Gasteiger partial charge in [-0.15, -0.1) is 5.10 Å². The zero-order valence-corrected chi connectivity index (χ0v) is 13.2. The number of aryl methyl sites for hydroxylation is 2. The van der Waals surface area contributed by atoms with E-state index in [1.54, 1.807) is 32.0 Å². The minimum absolute atomic E-state index is 0.0482. The normalized spacial score (nSPS) is 11.4. The van der Waals surface area contributed by atoms with Crippen LogP contribution in [0.3, 0.4) is 0 Å². The summed E-state index contributed by atoms with van der Waals surface area (Å²) in [6.45, 7) is 3.54. The van der Waals surface area contributed by atoms with Gasteiger partial charge in [0, 0.05) is 11.4 Å². The molecular formula is C13H13N7O2S. The standard InChI is InChI=1S/C13H13N7O2S/c1-9-7-10(2)16-13(15-9)17-23(21,22)12-5-3-11(4-6-12)20-8-14-18-19-20/h3-8H,1-2H3,(H,15,16,17). The highest BCUT2D eigenvalue weighted by Crippen LogP contribution is 2.16. The van der Waals surface area contributed by atoms with E-state index in [2.05, 4.69) is 30.2 Å². The fraction of sp³-hybridized carbons (Fsp3) is 0.154. The molecule has 3 aromatic rings. The van der Waals surface area contributed by atoms with Gasteiger partial charge in [0.15, 0.2) is 0 Å². The molecule has 0 saturated heterocycles. The Balaban J connectivity index is 1.87. The zero-order chi connectivity index (χ0) is 16.4. The second kappa shape index (κ2) is 5.72. The third kappa shape index (κ3) is 3.31. The highest BCUT2D eigenvalue weighted by Gasteiger charge is 2.16. The highest BCUT2D eigenvalue weighted by atomic mass is 32.2. The van der Waals surface area contributed by atoms with Crippen LogP contribution < -0.4 is 4.72 Å². The Bertz CT molecular complexity index is 901. The van der Waals surface area contributed by atoms with E-state index in [-0.39, 0.29) is 10.8 Å². The second-order valence-corrected chi connectivity index (χ2v) is 6.51. The number of nitrogens with one attached hydrogen (secondary N) is 1. The van der Waals surface area contributed by atoms with Gasteiger partial charge in [-0.25, -0.2) is 27.8 Å². The molecule has 0 aliphatic rings. The molecule has 0 aliphatic heterocycles. The molecular weight excluding hydrogens is 318 g/mol. The first-order valence-electron chi connectivity index (χ1n) is 6.62. The van der Waals surface area contributed by atoms with E-state index in [0.29, 0.717) is 17.1 Å². The molecule has 10 heteroatoms. The highest BCUT2D eigenvalue weighted by molar-refractivity contribution is 7.92. The summed E-state index contributed by atoms with van der Waals surface area (Å²) >= 11 is 0. The van der Waals surface area contributed by atoms with Crippen molar-refractivity contribution in [2.75, 3.05) is 4.72 Å². The molecule has 2 aromatic heterocycles. The number of anilines is 1. The monoisotopic (exact) mass is 331 g/mol. The van der Waals surface area contributed by atoms with Crippen molar-refractivity contribution >= 4 is 16.0 Å². The Morgan fingerprint density at radius 2 is 1.70 bits per heavy atom. The van der Waals surface area contributed by atoms with Gasteiger partial charge in [-0.1, -0.05) is 0 Å². The van der Waals surface area contributed by atoms with Gasteiger partial charge in [0.1, 0.15) is 6.33 Å². The summed E-state index contributed by atoms with van der Waals surface area (Å²) in [5.74, 6) is 0.0482. The van der Waals surface area contributed by atoms with Crippen LogP contribution in [0.5, 0.6) is 0 Å². The van der Waals surface area contributed by atoms with E-state index >= 15 is 0 Å². The van der Waals surface area contributed by atoms with Crippen molar-refractivity contribution in [2.24, 2.45) is 0 Å². The fourth-order valence-corrected chi connectivity index (χ4v) is 2.95. The maximum Gasteiger partial charge on any atom is 0.264 e. The van der Waals surface area contributed by atoms with Crippen molar-refractivity contribution in [3.63, 3.8) is 0 Å². The number of tetrazole rings is 1. The first-order valence-corrected chi connectivity index (χ1v) is 8.11. The number of hydrogen-bond donors (Lipinski definition) is 1. The summed E-state index contributed by atoms with van der Waals surface area (Å²) in [5.41, 5.74) is 2.02. The summed E-state index contributed by atoms with van der Waals surface area (Å²) in [7, 11) is -3.77. The predicted octanol–water partition coefficient (Wildman–Crippen LogP) is 0.870. The molecule has 0 radical (unpaired) electrons. The van der Waals surface area contributed by atoms with Gasteiger partial charge in [-0.2, -0.15) is 0 Å². The first kappa shape index (κ1) is 15.0. The molecule has 0 bridgehead atoms. The van der Waals surface area contributed by atoms with E-state index in [1.807, 2.05) is 0 Å². The van der Waals surface area contributed by atoms with Gasteiger partial charge in [-0.05, 0) is 54.6 Å². The molecule has 0 unspecified atom stereocenters. The smallest absolute Gasteiger partial charge is 0.247 e. The van der Waals surface area contributed by atoms with Crippen LogP contribution in [0, 0.1) is 13.8 Å². The lowest BCUT2D eigenvalue weighted by atomic mass is 10.3. The largest absolute Gasteiger partial charge is 0.264 e. The molecule has 0 atom stereocenters. The Morgan fingerprint density at radius 1 is 1.04 bits per heavy atom. The van der Waals surface area contributed by atoms with Crippen LogP contribution in [0.1, 0.15) is 11.4 Å². The fourth-order valence-electron chi connectivity index (χ4n) is 2.01. The lowest BCUT2D eigenvalue weighted by Crippen LogP contribution is -2.15. The van der Waals surface area contributed by atoms with Crippen LogP contribution in [0.4, 0.5) is 5.95 Å². The summed E-state index contributed by atoms with van der Waals surface area (Å²) in [6, 6.07) is 7.89. The Hall–Kier alpha value is -2.88. The molecule has 0 spiro atoms. The van der Waals surface area contributed by atoms with E-state index in [9.17, 15) is 8.42 Å². The zero-order valence-electron chi connectivity index (χ0n) is 12.4. The van der Waals surface area contributed by atoms with Crippen LogP contribution in [0.25, 0.3) is 5.69 Å². The van der Waals surface area contributed by atoms with Crippen LogP contribution >= 0.6 is 0 Å². The minimum atomic E-state index is -3.77. The molecule has 23 heavy (non-hydrogen) atoms. The van der Waals surface area contributed by atoms with E-state index in [0.717, 1.165) is 0 Å². The topological polar surface area (TPSA) is 116 Å². The van der Waals surface area contributed by atoms with Crippen LogP contribution in [0.2, 0.25) is 0 Å². The van der Waals surface area contributed by atoms with Crippen molar-refractivity contribution < 1.29 is 8.42 Å². The van der Waals surface area contributed by atoms with Gasteiger partial charge in [-0.3, -0.25) is 0 Å². The van der Waals surface area contributed by atoms with Gasteiger partial charge < -0.3 is 0 Å². The number of benzene rings is 1. The van der Waals surface area contributed by atoms with Crippen molar-refractivity contribution in [1.82, 2.24) is 30.2 Å². The molecule has 1 N–H and O–H groups in total. The lowest BCUT2D eigenvalue weighted by Gasteiger charge is -2.08. The molecule has 3 rings (SSSR count). The molecule has 0 aliphatic carbocycles. The maximum atomic E-state index is 12.4. The van der Waals surface area contributed by atoms with Crippen molar-refractivity contribution in [2.45, 2.75) is 18.7 Å². The second-order valence-electron chi connectivity index (χ2n) is 4.83. The third-order valence-corrected chi connectivity index (χ3v) is 4.31. The van der Waals surface area contributed by atoms with Gasteiger partial charge in [0.2, 0.25) is 5.95 Å². The third-order valence-electron chi connectivity index (χ3n) is 2.97. The summed E-state index contributed by atoms with van der Waals surface area (Å²) < 4.78 is 28.6. The van der Waals surface area contributed by atoms with Crippen LogP contribution in [-0.4, -0.2) is 38.6 Å². The van der Waals surface area contributed by atoms with Crippen LogP contribution in [0.15, 0.2) is 41.6 Å². The number of nitrogens with zero attached hydrogens (tertiary/aromatic N) is 6. The quantitative estimate of drug-likeness (QED) is 0.754. The summed E-state index contributed by atoms with van der Waals surface area (Å²) in [4.78, 5) is 8.24.